The minimum atomic E-state index is -0.0869. The van der Waals surface area contributed by atoms with Crippen LogP contribution in [0.5, 0.6) is 0 Å². The summed E-state index contributed by atoms with van der Waals surface area (Å²) >= 11 is 6.82. The van der Waals surface area contributed by atoms with Gasteiger partial charge in [-0.25, -0.2) is 0 Å². The number of piperazine rings is 1. The molecule has 0 aromatic carbocycles. The molecule has 0 bridgehead atoms. The fraction of sp³-hybridized carbons (Fsp3) is 0.429. The van der Waals surface area contributed by atoms with Gasteiger partial charge in [-0.2, -0.15) is 10.4 Å². The number of nitriles is 1. The van der Waals surface area contributed by atoms with Crippen molar-refractivity contribution in [2.24, 2.45) is 18.9 Å². The second kappa shape index (κ2) is 6.89. The number of aromatic nitrogens is 3. The molecule has 1 saturated carbocycles. The lowest BCUT2D eigenvalue weighted by molar-refractivity contribution is -0.133. The summed E-state index contributed by atoms with van der Waals surface area (Å²) in [6, 6.07) is 4.22. The van der Waals surface area contributed by atoms with Crippen LogP contribution in [0.2, 0.25) is 0 Å². The Morgan fingerprint density at radius 3 is 2.76 bits per heavy atom. The van der Waals surface area contributed by atoms with Crippen LogP contribution in [0.4, 0.5) is 5.69 Å². The predicted octanol–water partition coefficient (Wildman–Crippen LogP) is 2.29. The van der Waals surface area contributed by atoms with Crippen LogP contribution >= 0.6 is 11.6 Å². The van der Waals surface area contributed by atoms with E-state index in [1.807, 2.05) is 36.6 Å². The van der Waals surface area contributed by atoms with Crippen molar-refractivity contribution in [1.29, 1.82) is 5.26 Å². The van der Waals surface area contributed by atoms with Gasteiger partial charge in [-0.05, 0) is 18.1 Å². The zero-order valence-corrected chi connectivity index (χ0v) is 16.9. The Kier molecular flexibility index (Phi) is 4.32. The number of aryl methyl sites for hydroxylation is 1. The Bertz CT molecular complexity index is 1060. The van der Waals surface area contributed by atoms with E-state index in [1.165, 1.54) is 0 Å². The fourth-order valence-electron chi connectivity index (χ4n) is 4.34. The van der Waals surface area contributed by atoms with Crippen molar-refractivity contribution >= 4 is 33.8 Å². The number of halogens is 1. The summed E-state index contributed by atoms with van der Waals surface area (Å²) in [5.74, 6) is -0.0390. The molecule has 0 spiro atoms. The molecule has 0 radical (unpaired) electrons. The lowest BCUT2D eigenvalue weighted by Gasteiger charge is -2.37. The third kappa shape index (κ3) is 3.08. The largest absolute Gasteiger partial charge is 0.367 e. The summed E-state index contributed by atoms with van der Waals surface area (Å²) in [6.45, 7) is 2.83. The number of amides is 1. The predicted molar refractivity (Wildman–Crippen MR) is 110 cm³/mol. The molecule has 0 unspecified atom stereocenters. The molecule has 8 heteroatoms. The molecule has 148 valence electrons. The van der Waals surface area contributed by atoms with E-state index in [4.69, 9.17) is 16.9 Å². The second-order valence-electron chi connectivity index (χ2n) is 7.91. The van der Waals surface area contributed by atoms with Crippen LogP contribution in [0.3, 0.4) is 0 Å². The maximum Gasteiger partial charge on any atom is 0.227 e. The van der Waals surface area contributed by atoms with Gasteiger partial charge in [-0.1, -0.05) is 11.6 Å². The third-order valence-electron chi connectivity index (χ3n) is 6.09. The van der Waals surface area contributed by atoms with Crippen LogP contribution < -0.4 is 4.90 Å². The number of anilines is 1. The van der Waals surface area contributed by atoms with Crippen molar-refractivity contribution < 1.29 is 4.79 Å². The molecule has 2 atom stereocenters. The maximum absolute atomic E-state index is 12.5. The summed E-state index contributed by atoms with van der Waals surface area (Å²) < 4.78 is 1.77. The van der Waals surface area contributed by atoms with Gasteiger partial charge in [0.2, 0.25) is 5.91 Å². The van der Waals surface area contributed by atoms with Gasteiger partial charge in [0.15, 0.2) is 0 Å². The van der Waals surface area contributed by atoms with Gasteiger partial charge in [0.05, 0.1) is 34.8 Å². The minimum absolute atomic E-state index is 0.0844. The molecule has 1 aliphatic heterocycles. The van der Waals surface area contributed by atoms with Gasteiger partial charge in [0.1, 0.15) is 0 Å². The molecule has 1 amide bonds. The normalized spacial score (nSPS) is 23.2. The molecule has 0 N–H and O–H groups in total. The highest BCUT2D eigenvalue weighted by atomic mass is 35.5. The standard InChI is InChI=1S/C21H21ClN6O/c1-26-12-14(11-25-26)15-9-17-19(20(15)22)18(2-3-24-17)27-4-6-28(7-5-27)21(29)16-8-13(16)10-23/h2-3,11-13,16H,4-9H2,1H3/t13-,16+/m1/s1. The highest BCUT2D eigenvalue weighted by molar-refractivity contribution is 6.54. The molecule has 5 rings (SSSR count). The molecule has 2 aromatic heterocycles. The van der Waals surface area contributed by atoms with Crippen LogP contribution in [-0.2, 0) is 18.3 Å². The number of fused-ring (bicyclic) bond motifs is 1. The number of hydrogen-bond acceptors (Lipinski definition) is 5. The highest BCUT2D eigenvalue weighted by Gasteiger charge is 2.45. The van der Waals surface area contributed by atoms with Gasteiger partial charge in [0.25, 0.3) is 0 Å². The monoisotopic (exact) mass is 408 g/mol. The fourth-order valence-corrected chi connectivity index (χ4v) is 4.73. The lowest BCUT2D eigenvalue weighted by Crippen LogP contribution is -2.49. The first-order valence-electron chi connectivity index (χ1n) is 9.86. The average Bonchev–Trinajstić information content (AvgIpc) is 3.30. The topological polar surface area (TPSA) is 78.0 Å². The van der Waals surface area contributed by atoms with E-state index in [9.17, 15) is 4.79 Å². The Morgan fingerprint density at radius 1 is 1.31 bits per heavy atom. The summed E-state index contributed by atoms with van der Waals surface area (Å²) in [5.41, 5.74) is 5.14. The number of pyridine rings is 1. The van der Waals surface area contributed by atoms with Crippen molar-refractivity contribution in [3.8, 4) is 6.07 Å². The van der Waals surface area contributed by atoms with Crippen LogP contribution in [0.1, 0.15) is 23.2 Å². The van der Waals surface area contributed by atoms with Gasteiger partial charge in [-0.3, -0.25) is 14.5 Å². The van der Waals surface area contributed by atoms with Crippen LogP contribution in [-0.4, -0.2) is 51.8 Å². The molecular formula is C21H21ClN6O. The van der Waals surface area contributed by atoms with Crippen molar-refractivity contribution in [2.45, 2.75) is 12.8 Å². The van der Waals surface area contributed by atoms with Crippen molar-refractivity contribution in [2.75, 3.05) is 31.1 Å². The Hall–Kier alpha value is -2.85. The summed E-state index contributed by atoms with van der Waals surface area (Å²) in [6.07, 6.45) is 7.05. The zero-order chi connectivity index (χ0) is 20.1. The van der Waals surface area contributed by atoms with Crippen molar-refractivity contribution in [3.05, 3.63) is 41.5 Å². The van der Waals surface area contributed by atoms with E-state index in [0.29, 0.717) is 25.9 Å². The molecule has 29 heavy (non-hydrogen) atoms. The third-order valence-corrected chi connectivity index (χ3v) is 6.51. The quantitative estimate of drug-likeness (QED) is 0.778. The number of carbonyl (C=O) groups is 1. The maximum atomic E-state index is 12.5. The van der Waals surface area contributed by atoms with Gasteiger partial charge < -0.3 is 9.80 Å². The van der Waals surface area contributed by atoms with E-state index in [-0.39, 0.29) is 17.7 Å². The number of hydrogen-bond donors (Lipinski definition) is 0. The van der Waals surface area contributed by atoms with Crippen LogP contribution in [0, 0.1) is 23.2 Å². The first-order chi connectivity index (χ1) is 14.1. The molecule has 7 nitrogen and oxygen atoms in total. The summed E-state index contributed by atoms with van der Waals surface area (Å²) in [5, 5.41) is 14.0. The smallest absolute Gasteiger partial charge is 0.227 e. The molecule has 2 aliphatic carbocycles. The first kappa shape index (κ1) is 18.2. The van der Waals surface area contributed by atoms with E-state index in [2.05, 4.69) is 21.1 Å². The molecular weight excluding hydrogens is 388 g/mol. The summed E-state index contributed by atoms with van der Waals surface area (Å²) in [4.78, 5) is 21.3. The molecule has 1 saturated heterocycles. The Labute approximate surface area is 174 Å². The highest BCUT2D eigenvalue weighted by Crippen LogP contribution is 2.44. The number of rotatable bonds is 3. The zero-order valence-electron chi connectivity index (χ0n) is 16.2. The van der Waals surface area contributed by atoms with E-state index in [0.717, 1.165) is 46.2 Å². The second-order valence-corrected chi connectivity index (χ2v) is 8.29. The minimum Gasteiger partial charge on any atom is -0.367 e. The van der Waals surface area contributed by atoms with E-state index in [1.54, 1.807) is 4.68 Å². The van der Waals surface area contributed by atoms with Crippen molar-refractivity contribution in [3.63, 3.8) is 0 Å². The first-order valence-corrected chi connectivity index (χ1v) is 10.2. The molecule has 3 heterocycles. The van der Waals surface area contributed by atoms with Crippen molar-refractivity contribution in [1.82, 2.24) is 19.7 Å². The van der Waals surface area contributed by atoms with Gasteiger partial charge in [0, 0.05) is 68.9 Å². The van der Waals surface area contributed by atoms with E-state index >= 15 is 0 Å². The molecule has 2 fully saturated rings. The Balaban J connectivity index is 1.35. The Morgan fingerprint density at radius 2 is 2.10 bits per heavy atom. The number of carbonyl (C=O) groups excluding carboxylic acids is 1. The molecule has 3 aliphatic rings. The summed E-state index contributed by atoms with van der Waals surface area (Å²) in [7, 11) is 1.89. The SMILES string of the molecule is Cn1cc(C2=C(Cl)c3c(N4CCN(C(=O)[C@H]5C[C@@H]5C#N)CC4)ccnc3C2)cn1. The van der Waals surface area contributed by atoms with Gasteiger partial charge in [-0.15, -0.1) is 0 Å². The molecule has 2 aromatic rings. The van der Waals surface area contributed by atoms with Gasteiger partial charge >= 0.3 is 0 Å². The lowest BCUT2D eigenvalue weighted by atomic mass is 10.1. The average molecular weight is 409 g/mol. The number of allylic oxidation sites excluding steroid dienone is 1. The van der Waals surface area contributed by atoms with Crippen LogP contribution in [0.25, 0.3) is 10.6 Å². The number of nitrogens with zero attached hydrogens (tertiary/aromatic N) is 6. The van der Waals surface area contributed by atoms with E-state index < -0.39 is 0 Å². The van der Waals surface area contributed by atoms with Crippen LogP contribution in [0.15, 0.2) is 24.7 Å².